The van der Waals surface area contributed by atoms with Crippen LogP contribution in [0.1, 0.15) is 296 Å². The summed E-state index contributed by atoms with van der Waals surface area (Å²) in [5, 5.41) is 87.5. The van der Waals surface area contributed by atoms with Crippen LogP contribution in [-0.2, 0) is 23.7 Å². The zero-order valence-corrected chi connectivity index (χ0v) is 51.1. The second kappa shape index (κ2) is 51.9. The number of rotatable bonds is 55. The summed E-state index contributed by atoms with van der Waals surface area (Å²) in [4.78, 5) is 13.3. The summed E-state index contributed by atoms with van der Waals surface area (Å²) >= 11 is 0. The van der Waals surface area contributed by atoms with Gasteiger partial charge in [0.25, 0.3) is 0 Å². The molecule has 0 spiro atoms. The van der Waals surface area contributed by atoms with Crippen molar-refractivity contribution >= 4 is 5.91 Å². The number of hydrogen-bond donors (Lipinski definition) is 9. The van der Waals surface area contributed by atoms with Gasteiger partial charge >= 0.3 is 0 Å². The summed E-state index contributed by atoms with van der Waals surface area (Å²) < 4.78 is 22.9. The average molecular weight is 1140 g/mol. The molecule has 2 rings (SSSR count). The van der Waals surface area contributed by atoms with Crippen LogP contribution in [0, 0.1) is 0 Å². The van der Waals surface area contributed by atoms with Crippen molar-refractivity contribution in [2.75, 3.05) is 19.8 Å². The molecule has 472 valence electrons. The van der Waals surface area contributed by atoms with Crippen LogP contribution in [0.25, 0.3) is 0 Å². The maximum Gasteiger partial charge on any atom is 0.220 e. The van der Waals surface area contributed by atoms with Gasteiger partial charge in [0.2, 0.25) is 5.91 Å². The second-order valence-electron chi connectivity index (χ2n) is 24.0. The van der Waals surface area contributed by atoms with Crippen LogP contribution in [0.5, 0.6) is 0 Å². The molecule has 0 aromatic carbocycles. The highest BCUT2D eigenvalue weighted by Crippen LogP contribution is 2.30. The highest BCUT2D eigenvalue weighted by atomic mass is 16.7. The summed E-state index contributed by atoms with van der Waals surface area (Å²) in [5.41, 5.74) is 0. The number of ether oxygens (including phenoxy) is 4. The van der Waals surface area contributed by atoms with E-state index in [9.17, 15) is 45.6 Å². The molecule has 2 saturated heterocycles. The topological polar surface area (TPSA) is 228 Å². The van der Waals surface area contributed by atoms with Crippen LogP contribution in [0.2, 0.25) is 0 Å². The maximum absolute atomic E-state index is 13.3. The smallest absolute Gasteiger partial charge is 0.220 e. The van der Waals surface area contributed by atoms with Gasteiger partial charge in [-0.05, 0) is 44.9 Å². The first kappa shape index (κ1) is 74.6. The largest absolute Gasteiger partial charge is 0.394 e. The first-order chi connectivity index (χ1) is 39.1. The highest BCUT2D eigenvalue weighted by Gasteiger charge is 2.51. The van der Waals surface area contributed by atoms with Crippen molar-refractivity contribution in [1.29, 1.82) is 0 Å². The van der Waals surface area contributed by atoms with Crippen LogP contribution < -0.4 is 5.32 Å². The highest BCUT2D eigenvalue weighted by molar-refractivity contribution is 5.76. The van der Waals surface area contributed by atoms with Gasteiger partial charge in [-0.3, -0.25) is 4.79 Å². The first-order valence-electron chi connectivity index (χ1n) is 33.6. The fourth-order valence-corrected chi connectivity index (χ4v) is 11.3. The molecule has 0 bridgehead atoms. The van der Waals surface area contributed by atoms with Gasteiger partial charge in [-0.1, -0.05) is 269 Å². The number of nitrogens with one attached hydrogen (secondary N) is 1. The number of unbranched alkanes of at least 4 members (excludes halogenated alkanes) is 38. The van der Waals surface area contributed by atoms with Gasteiger partial charge in [0.15, 0.2) is 12.6 Å². The monoisotopic (exact) mass is 1140 g/mol. The summed E-state index contributed by atoms with van der Waals surface area (Å²) in [6.45, 7) is 2.89. The van der Waals surface area contributed by atoms with Gasteiger partial charge in [-0.15, -0.1) is 0 Å². The molecule has 80 heavy (non-hydrogen) atoms. The van der Waals surface area contributed by atoms with Gasteiger partial charge in [-0.25, -0.2) is 0 Å². The molecule has 0 radical (unpaired) electrons. The number of amides is 1. The molecule has 2 aliphatic rings. The van der Waals surface area contributed by atoms with Crippen molar-refractivity contribution in [1.82, 2.24) is 5.32 Å². The molecule has 2 heterocycles. The molecule has 2 fully saturated rings. The predicted octanol–water partition coefficient (Wildman–Crippen LogP) is 12.8. The summed E-state index contributed by atoms with van der Waals surface area (Å²) in [6, 6.07) is -0.827. The maximum atomic E-state index is 13.3. The van der Waals surface area contributed by atoms with Crippen molar-refractivity contribution in [3.05, 3.63) is 24.3 Å². The molecule has 12 atom stereocenters. The molecule has 14 heteroatoms. The van der Waals surface area contributed by atoms with Gasteiger partial charge < -0.3 is 65.1 Å². The number of aliphatic hydroxyl groups is 8. The summed E-state index contributed by atoms with van der Waals surface area (Å²) in [7, 11) is 0. The van der Waals surface area contributed by atoms with Crippen molar-refractivity contribution in [2.45, 2.75) is 370 Å². The number of hydrogen-bond acceptors (Lipinski definition) is 13. The van der Waals surface area contributed by atoms with E-state index in [1.165, 1.54) is 212 Å². The van der Waals surface area contributed by atoms with E-state index in [0.29, 0.717) is 12.8 Å². The Balaban J connectivity index is 1.68. The number of aliphatic hydroxyl groups excluding tert-OH is 8. The fraction of sp³-hybridized carbons (Fsp3) is 0.924. The lowest BCUT2D eigenvalue weighted by Crippen LogP contribution is -2.65. The van der Waals surface area contributed by atoms with Gasteiger partial charge in [-0.2, -0.15) is 0 Å². The third-order valence-electron chi connectivity index (χ3n) is 16.7. The van der Waals surface area contributed by atoms with Crippen molar-refractivity contribution in [3.63, 3.8) is 0 Å². The normalized spacial score (nSPS) is 24.3. The Morgan fingerprint density at radius 2 is 0.825 bits per heavy atom. The molecule has 0 aromatic rings. The molecular weight excluding hydrogens is 1010 g/mol. The zero-order valence-electron chi connectivity index (χ0n) is 51.1. The van der Waals surface area contributed by atoms with E-state index in [1.807, 2.05) is 0 Å². The van der Waals surface area contributed by atoms with Gasteiger partial charge in [0, 0.05) is 6.42 Å². The average Bonchev–Trinajstić information content (AvgIpc) is 3.49. The number of carbonyl (C=O) groups excluding carboxylic acids is 1. The fourth-order valence-electron chi connectivity index (χ4n) is 11.3. The summed E-state index contributed by atoms with van der Waals surface area (Å²) in [5.74, 6) is -0.202. The number of allylic oxidation sites excluding steroid dienone is 4. The minimum absolute atomic E-state index is 0.202. The Hall–Kier alpha value is -1.53. The Labute approximate surface area is 488 Å². The van der Waals surface area contributed by atoms with Gasteiger partial charge in [0.05, 0.1) is 32.0 Å². The lowest BCUT2D eigenvalue weighted by Gasteiger charge is -2.46. The molecule has 1 amide bonds. The summed E-state index contributed by atoms with van der Waals surface area (Å²) in [6.07, 6.45) is 46.1. The van der Waals surface area contributed by atoms with Crippen LogP contribution in [0.4, 0.5) is 0 Å². The molecule has 9 N–H and O–H groups in total. The molecule has 12 unspecified atom stereocenters. The zero-order chi connectivity index (χ0) is 58.1. The standard InChI is InChI=1S/C66H125NO13/c1-3-5-7-9-11-13-15-17-19-21-23-24-25-26-27-28-29-30-32-34-36-38-40-42-44-46-48-50-58(71)67-54(55(70)49-47-45-43-41-39-37-35-33-31-22-20-18-16-14-12-10-8-6-4-2)53-77-65-63(76)61(74)64(57(52-69)79-65)80-66-62(75)60(73)59(72)56(51-68)78-66/h15,17,21,23,54-57,59-66,68-70,72-76H,3-14,16,18-20,22,24-53H2,1-2H3,(H,67,71)/b17-15-,23-21-. The van der Waals surface area contributed by atoms with E-state index in [4.69, 9.17) is 18.9 Å². The number of carbonyl (C=O) groups is 1. The lowest BCUT2D eigenvalue weighted by molar-refractivity contribution is -0.359. The van der Waals surface area contributed by atoms with Crippen LogP contribution in [0.15, 0.2) is 24.3 Å². The molecular formula is C66H125NO13. The molecule has 0 saturated carbocycles. The van der Waals surface area contributed by atoms with E-state index >= 15 is 0 Å². The van der Waals surface area contributed by atoms with Crippen LogP contribution >= 0.6 is 0 Å². The van der Waals surface area contributed by atoms with Gasteiger partial charge in [0.1, 0.15) is 48.8 Å². The third kappa shape index (κ3) is 36.3. The Morgan fingerprint density at radius 1 is 0.450 bits per heavy atom. The molecule has 14 nitrogen and oxygen atoms in total. The van der Waals surface area contributed by atoms with E-state index in [1.54, 1.807) is 0 Å². The Bertz CT molecular complexity index is 1440. The minimum Gasteiger partial charge on any atom is -0.394 e. The SMILES string of the molecule is CCCCCCC/C=C\C/C=C\CCCCCCCCCCCCCCCCCC(=O)NC(COC1OC(CO)C(OC2OC(CO)C(O)C(O)C2O)C(O)C1O)C(O)CCCCCCCCCCCCCCCCCCCCC. The van der Waals surface area contributed by atoms with Crippen molar-refractivity contribution < 1.29 is 64.6 Å². The van der Waals surface area contributed by atoms with E-state index in [2.05, 4.69) is 43.5 Å². The van der Waals surface area contributed by atoms with Crippen LogP contribution in [0.3, 0.4) is 0 Å². The Morgan fingerprint density at radius 3 is 1.25 bits per heavy atom. The lowest BCUT2D eigenvalue weighted by atomic mass is 9.97. The Kier molecular flexibility index (Phi) is 48.3. The predicted molar refractivity (Wildman–Crippen MR) is 323 cm³/mol. The molecule has 0 aromatic heterocycles. The quantitative estimate of drug-likeness (QED) is 0.0204. The first-order valence-corrected chi connectivity index (χ1v) is 33.6. The second-order valence-corrected chi connectivity index (χ2v) is 24.0. The van der Waals surface area contributed by atoms with Crippen LogP contribution in [-0.4, -0.2) is 140 Å². The van der Waals surface area contributed by atoms with E-state index in [-0.39, 0.29) is 12.5 Å². The van der Waals surface area contributed by atoms with Crippen molar-refractivity contribution in [2.24, 2.45) is 0 Å². The van der Waals surface area contributed by atoms with E-state index < -0.39 is 86.8 Å². The van der Waals surface area contributed by atoms with Crippen molar-refractivity contribution in [3.8, 4) is 0 Å². The third-order valence-corrected chi connectivity index (χ3v) is 16.7. The molecule has 2 aliphatic heterocycles. The molecule has 0 aliphatic carbocycles. The van der Waals surface area contributed by atoms with E-state index in [0.717, 1.165) is 57.8 Å². The minimum atomic E-state index is -1.78.